The van der Waals surface area contributed by atoms with Gasteiger partial charge in [-0.3, -0.25) is 14.8 Å². The molecule has 2 aromatic rings. The molecule has 0 aliphatic heterocycles. The number of amides is 1. The van der Waals surface area contributed by atoms with Crippen molar-refractivity contribution in [2.45, 2.75) is 12.5 Å². The molecule has 104 valence electrons. The minimum atomic E-state index is -1.03. The van der Waals surface area contributed by atoms with E-state index >= 15 is 0 Å². The first-order valence-corrected chi connectivity index (χ1v) is 5.90. The van der Waals surface area contributed by atoms with Gasteiger partial charge in [0.1, 0.15) is 6.04 Å². The average Bonchev–Trinajstić information content (AvgIpc) is 2.50. The van der Waals surface area contributed by atoms with Crippen LogP contribution in [0, 0.1) is 0 Å². The number of nitrogens with zero attached hydrogens (tertiary/aromatic N) is 2. The van der Waals surface area contributed by atoms with Gasteiger partial charge >= 0.3 is 5.97 Å². The van der Waals surface area contributed by atoms with E-state index in [0.717, 1.165) is 5.56 Å². The van der Waals surface area contributed by atoms with E-state index in [1.807, 2.05) is 30.3 Å². The summed E-state index contributed by atoms with van der Waals surface area (Å²) >= 11 is 0. The quantitative estimate of drug-likeness (QED) is 0.790. The first-order chi connectivity index (χ1) is 9.74. The number of hydrogen-bond acceptors (Lipinski definition) is 4. The Morgan fingerprint density at radius 3 is 2.10 bits per heavy atom. The molecule has 0 aliphatic carbocycles. The molecule has 0 bridgehead atoms. The lowest BCUT2D eigenvalue weighted by atomic mass is 10.1. The van der Waals surface area contributed by atoms with Crippen LogP contribution in [0.4, 0.5) is 0 Å². The predicted octanol–water partition coefficient (Wildman–Crippen LogP) is 0.905. The standard InChI is InChI=1S/C10H11NO3.C4H4N2/c12-7-11-9(10(13)14)6-8-4-2-1-3-5-8;1-2-6-4-3-5-1/h1-5,7,9H,6H2,(H,11,12)(H,13,14);1-4H. The first-order valence-electron chi connectivity index (χ1n) is 5.90. The molecule has 1 aromatic heterocycles. The number of nitrogens with one attached hydrogen (secondary N) is 1. The van der Waals surface area contributed by atoms with Gasteiger partial charge in [-0.15, -0.1) is 0 Å². The summed E-state index contributed by atoms with van der Waals surface area (Å²) in [6.45, 7) is 0. The third-order valence-corrected chi connectivity index (χ3v) is 2.33. The monoisotopic (exact) mass is 273 g/mol. The Morgan fingerprint density at radius 2 is 1.70 bits per heavy atom. The van der Waals surface area contributed by atoms with E-state index in [1.54, 1.807) is 24.8 Å². The fourth-order valence-electron chi connectivity index (χ4n) is 1.40. The first kappa shape index (κ1) is 15.3. The highest BCUT2D eigenvalue weighted by molar-refractivity contribution is 5.76. The van der Waals surface area contributed by atoms with Gasteiger partial charge in [0, 0.05) is 31.2 Å². The van der Waals surface area contributed by atoms with Gasteiger partial charge in [-0.1, -0.05) is 30.3 Å². The van der Waals surface area contributed by atoms with Gasteiger partial charge < -0.3 is 10.4 Å². The van der Waals surface area contributed by atoms with E-state index in [1.165, 1.54) is 0 Å². The molecule has 1 amide bonds. The van der Waals surface area contributed by atoms with Gasteiger partial charge in [-0.25, -0.2) is 4.79 Å². The van der Waals surface area contributed by atoms with Crippen LogP contribution in [0.15, 0.2) is 55.1 Å². The lowest BCUT2D eigenvalue weighted by Gasteiger charge is -2.10. The van der Waals surface area contributed by atoms with Crippen LogP contribution in [-0.2, 0) is 16.0 Å². The molecule has 0 saturated heterocycles. The Kier molecular flexibility index (Phi) is 7.04. The maximum absolute atomic E-state index is 10.7. The van der Waals surface area contributed by atoms with Crippen molar-refractivity contribution >= 4 is 12.4 Å². The van der Waals surface area contributed by atoms with Gasteiger partial charge in [0.15, 0.2) is 0 Å². The van der Waals surface area contributed by atoms with Crippen molar-refractivity contribution in [1.29, 1.82) is 0 Å². The molecule has 1 aromatic carbocycles. The third kappa shape index (κ3) is 6.25. The highest BCUT2D eigenvalue weighted by atomic mass is 16.4. The van der Waals surface area contributed by atoms with Gasteiger partial charge in [0.2, 0.25) is 6.41 Å². The van der Waals surface area contributed by atoms with Crippen molar-refractivity contribution in [3.05, 3.63) is 60.7 Å². The van der Waals surface area contributed by atoms with Crippen LogP contribution in [0.5, 0.6) is 0 Å². The molecule has 0 saturated carbocycles. The number of aromatic nitrogens is 2. The van der Waals surface area contributed by atoms with Crippen molar-refractivity contribution in [1.82, 2.24) is 15.3 Å². The van der Waals surface area contributed by atoms with Gasteiger partial charge in [-0.2, -0.15) is 0 Å². The zero-order valence-electron chi connectivity index (χ0n) is 10.7. The molecule has 0 fully saturated rings. The topological polar surface area (TPSA) is 92.2 Å². The van der Waals surface area contributed by atoms with Gasteiger partial charge in [0.05, 0.1) is 0 Å². The van der Waals surface area contributed by atoms with Crippen LogP contribution in [-0.4, -0.2) is 33.5 Å². The van der Waals surface area contributed by atoms with E-state index < -0.39 is 12.0 Å². The Labute approximate surface area is 116 Å². The predicted molar refractivity (Wildman–Crippen MR) is 72.8 cm³/mol. The van der Waals surface area contributed by atoms with E-state index in [-0.39, 0.29) is 0 Å². The minimum Gasteiger partial charge on any atom is -0.480 e. The second kappa shape index (κ2) is 9.21. The summed E-state index contributed by atoms with van der Waals surface area (Å²) in [6, 6.07) is 8.30. The van der Waals surface area contributed by atoms with Gasteiger partial charge in [-0.05, 0) is 5.56 Å². The molecule has 0 radical (unpaired) electrons. The van der Waals surface area contributed by atoms with E-state index in [2.05, 4.69) is 15.3 Å². The molecule has 0 spiro atoms. The third-order valence-electron chi connectivity index (χ3n) is 2.33. The molecule has 1 heterocycles. The second-order valence-corrected chi connectivity index (χ2v) is 3.76. The van der Waals surface area contributed by atoms with Crippen LogP contribution in [0.3, 0.4) is 0 Å². The van der Waals surface area contributed by atoms with Crippen LogP contribution in [0.25, 0.3) is 0 Å². The number of carboxylic acid groups (broad SMARTS) is 1. The summed E-state index contributed by atoms with van der Waals surface area (Å²) in [5, 5.41) is 11.0. The lowest BCUT2D eigenvalue weighted by Crippen LogP contribution is -2.37. The molecule has 6 nitrogen and oxygen atoms in total. The summed E-state index contributed by atoms with van der Waals surface area (Å²) in [6.07, 6.45) is 7.26. The Hall–Kier alpha value is -2.76. The Morgan fingerprint density at radius 1 is 1.15 bits per heavy atom. The summed E-state index contributed by atoms with van der Waals surface area (Å²) in [5.74, 6) is -1.03. The molecule has 1 atom stereocenters. The number of carbonyl (C=O) groups excluding carboxylic acids is 1. The number of hydrogen-bond donors (Lipinski definition) is 2. The smallest absolute Gasteiger partial charge is 0.326 e. The lowest BCUT2D eigenvalue weighted by molar-refractivity contribution is -0.140. The Balaban J connectivity index is 0.000000276. The number of benzene rings is 1. The van der Waals surface area contributed by atoms with Crippen molar-refractivity contribution in [2.24, 2.45) is 0 Å². The van der Waals surface area contributed by atoms with E-state index in [4.69, 9.17) is 5.11 Å². The number of carboxylic acids is 1. The Bertz CT molecular complexity index is 479. The summed E-state index contributed by atoms with van der Waals surface area (Å²) < 4.78 is 0. The SMILES string of the molecule is O=CNC(Cc1ccccc1)C(=O)O.c1cnccn1. The highest BCUT2D eigenvalue weighted by Gasteiger charge is 2.15. The second-order valence-electron chi connectivity index (χ2n) is 3.76. The average molecular weight is 273 g/mol. The fourth-order valence-corrected chi connectivity index (χ4v) is 1.40. The molecule has 20 heavy (non-hydrogen) atoms. The highest BCUT2D eigenvalue weighted by Crippen LogP contribution is 2.02. The fraction of sp³-hybridized carbons (Fsp3) is 0.143. The van der Waals surface area contributed by atoms with Crippen LogP contribution < -0.4 is 5.32 Å². The molecule has 6 heteroatoms. The number of aliphatic carboxylic acids is 1. The molecular weight excluding hydrogens is 258 g/mol. The van der Waals surface area contributed by atoms with Crippen molar-refractivity contribution in [2.75, 3.05) is 0 Å². The van der Waals surface area contributed by atoms with Crippen LogP contribution >= 0.6 is 0 Å². The maximum atomic E-state index is 10.7. The molecular formula is C14H15N3O3. The largest absolute Gasteiger partial charge is 0.480 e. The van der Waals surface area contributed by atoms with E-state index in [9.17, 15) is 9.59 Å². The van der Waals surface area contributed by atoms with Crippen molar-refractivity contribution < 1.29 is 14.7 Å². The number of rotatable bonds is 5. The molecule has 2 N–H and O–H groups in total. The van der Waals surface area contributed by atoms with Crippen LogP contribution in [0.2, 0.25) is 0 Å². The summed E-state index contributed by atoms with van der Waals surface area (Å²) in [4.78, 5) is 28.3. The molecule has 2 rings (SSSR count). The normalized spacial score (nSPS) is 10.6. The number of carbonyl (C=O) groups is 2. The van der Waals surface area contributed by atoms with Crippen LogP contribution in [0.1, 0.15) is 5.56 Å². The van der Waals surface area contributed by atoms with Gasteiger partial charge in [0.25, 0.3) is 0 Å². The van der Waals surface area contributed by atoms with Crippen molar-refractivity contribution in [3.8, 4) is 0 Å². The van der Waals surface area contributed by atoms with E-state index in [0.29, 0.717) is 12.8 Å². The zero-order valence-corrected chi connectivity index (χ0v) is 10.7. The minimum absolute atomic E-state index is 0.301. The maximum Gasteiger partial charge on any atom is 0.326 e. The molecule has 1 unspecified atom stereocenters. The summed E-state index contributed by atoms with van der Waals surface area (Å²) in [7, 11) is 0. The molecule has 0 aliphatic rings. The summed E-state index contributed by atoms with van der Waals surface area (Å²) in [5.41, 5.74) is 0.884. The zero-order chi connectivity index (χ0) is 14.6. The van der Waals surface area contributed by atoms with Crippen molar-refractivity contribution in [3.63, 3.8) is 0 Å².